The van der Waals surface area contributed by atoms with E-state index in [0.29, 0.717) is 18.0 Å². The molecule has 0 unspecified atom stereocenters. The minimum atomic E-state index is -3.22. The van der Waals surface area contributed by atoms with E-state index in [1.54, 1.807) is 30.0 Å². The average Bonchev–Trinajstić information content (AvgIpc) is 2.79. The van der Waals surface area contributed by atoms with Crippen LogP contribution < -0.4 is 0 Å². The van der Waals surface area contributed by atoms with Crippen LogP contribution in [-0.4, -0.2) is 30.8 Å². The van der Waals surface area contributed by atoms with Crippen molar-refractivity contribution in [1.29, 1.82) is 0 Å². The summed E-state index contributed by atoms with van der Waals surface area (Å²) in [5.74, 6) is 0.0710. The summed E-state index contributed by atoms with van der Waals surface area (Å²) in [5.41, 5.74) is 1.30. The number of fused-ring (bicyclic) bond motifs is 1. The monoisotopic (exact) mass is 311 g/mol. The zero-order valence-corrected chi connectivity index (χ0v) is 13.7. The van der Waals surface area contributed by atoms with Gasteiger partial charge in [-0.3, -0.25) is 4.90 Å². The van der Waals surface area contributed by atoms with Gasteiger partial charge in [0.2, 0.25) is 0 Å². The highest BCUT2D eigenvalue weighted by molar-refractivity contribution is 7.91. The fourth-order valence-electron chi connectivity index (χ4n) is 2.19. The summed E-state index contributed by atoms with van der Waals surface area (Å²) >= 11 is 0. The number of carbonyl (C=O) groups excluding carboxylic acids is 1. The van der Waals surface area contributed by atoms with E-state index in [4.69, 9.17) is 4.74 Å². The smallest absolute Gasteiger partial charge is 0.410 e. The van der Waals surface area contributed by atoms with Crippen LogP contribution in [-0.2, 0) is 27.7 Å². The normalized spacial score (nSPS) is 15.0. The van der Waals surface area contributed by atoms with E-state index in [1.807, 2.05) is 20.8 Å². The van der Waals surface area contributed by atoms with Gasteiger partial charge in [0.15, 0.2) is 9.84 Å². The van der Waals surface area contributed by atoms with Crippen molar-refractivity contribution in [2.24, 2.45) is 0 Å². The van der Waals surface area contributed by atoms with Crippen LogP contribution in [0, 0.1) is 0 Å². The predicted molar refractivity (Wildman–Crippen MR) is 79.6 cm³/mol. The molecule has 0 bridgehead atoms. The molecule has 1 heterocycles. The summed E-state index contributed by atoms with van der Waals surface area (Å²) in [5, 5.41) is 0. The Kier molecular flexibility index (Phi) is 4.02. The maximum Gasteiger partial charge on any atom is 0.410 e. The molecule has 1 aliphatic heterocycles. The lowest BCUT2D eigenvalue weighted by Crippen LogP contribution is -2.33. The van der Waals surface area contributed by atoms with Gasteiger partial charge in [-0.2, -0.15) is 0 Å². The van der Waals surface area contributed by atoms with Crippen molar-refractivity contribution in [2.45, 2.75) is 51.3 Å². The van der Waals surface area contributed by atoms with Gasteiger partial charge in [0.1, 0.15) is 5.60 Å². The summed E-state index contributed by atoms with van der Waals surface area (Å²) < 4.78 is 29.1. The second-order valence-corrected chi connectivity index (χ2v) is 8.45. The third-order valence-corrected chi connectivity index (χ3v) is 5.02. The Hall–Kier alpha value is -1.56. The van der Waals surface area contributed by atoms with Crippen LogP contribution in [0.15, 0.2) is 23.1 Å². The number of amides is 1. The van der Waals surface area contributed by atoms with Gasteiger partial charge in [-0.1, -0.05) is 13.0 Å². The highest BCUT2D eigenvalue weighted by Crippen LogP contribution is 2.27. The third kappa shape index (κ3) is 3.56. The molecule has 21 heavy (non-hydrogen) atoms. The fraction of sp³-hybridized carbons (Fsp3) is 0.533. The second-order valence-electron chi connectivity index (χ2n) is 6.17. The lowest BCUT2D eigenvalue weighted by Gasteiger charge is -2.24. The molecule has 5 nitrogen and oxygen atoms in total. The fourth-order valence-corrected chi connectivity index (χ4v) is 3.12. The van der Waals surface area contributed by atoms with E-state index in [1.165, 1.54) is 0 Å². The first-order valence-electron chi connectivity index (χ1n) is 6.95. The molecule has 0 radical (unpaired) electrons. The topological polar surface area (TPSA) is 63.7 Å². The summed E-state index contributed by atoms with van der Waals surface area (Å²) in [4.78, 5) is 13.9. The summed E-state index contributed by atoms with van der Waals surface area (Å²) in [6.07, 6.45) is -0.376. The van der Waals surface area contributed by atoms with Gasteiger partial charge < -0.3 is 4.74 Å². The lowest BCUT2D eigenvalue weighted by atomic mass is 10.1. The van der Waals surface area contributed by atoms with Crippen LogP contribution in [0.2, 0.25) is 0 Å². The zero-order chi connectivity index (χ0) is 15.8. The molecule has 0 N–H and O–H groups in total. The van der Waals surface area contributed by atoms with Crippen molar-refractivity contribution < 1.29 is 17.9 Å². The maximum absolute atomic E-state index is 12.1. The van der Waals surface area contributed by atoms with Crippen LogP contribution in [0.1, 0.15) is 38.8 Å². The Balaban J connectivity index is 2.19. The number of nitrogens with zero attached hydrogens (tertiary/aromatic N) is 1. The molecule has 0 aromatic heterocycles. The Bertz CT molecular complexity index is 659. The number of benzene rings is 1. The number of ether oxygens (including phenoxy) is 1. The van der Waals surface area contributed by atoms with Crippen LogP contribution in [0.25, 0.3) is 0 Å². The summed E-state index contributed by atoms with van der Waals surface area (Å²) in [7, 11) is -3.22. The first-order valence-corrected chi connectivity index (χ1v) is 8.60. The van der Waals surface area contributed by atoms with Crippen molar-refractivity contribution in [2.75, 3.05) is 5.75 Å². The largest absolute Gasteiger partial charge is 0.444 e. The first-order chi connectivity index (χ1) is 9.62. The molecular formula is C15H21NO4S. The molecule has 1 aliphatic rings. The SMILES string of the molecule is CCS(=O)(=O)c1ccc2c(c1)CN(C(=O)OC(C)(C)C)C2. The quantitative estimate of drug-likeness (QED) is 0.842. The van der Waals surface area contributed by atoms with Gasteiger partial charge in [-0.05, 0) is 44.0 Å². The van der Waals surface area contributed by atoms with Gasteiger partial charge >= 0.3 is 6.09 Å². The van der Waals surface area contributed by atoms with Crippen molar-refractivity contribution >= 4 is 15.9 Å². The van der Waals surface area contributed by atoms with E-state index in [2.05, 4.69) is 0 Å². The molecule has 0 fully saturated rings. The molecule has 116 valence electrons. The van der Waals surface area contributed by atoms with Gasteiger partial charge in [0, 0.05) is 13.1 Å². The van der Waals surface area contributed by atoms with Crippen molar-refractivity contribution in [1.82, 2.24) is 4.90 Å². The number of sulfone groups is 1. The molecule has 0 saturated heterocycles. The van der Waals surface area contributed by atoms with E-state index in [9.17, 15) is 13.2 Å². The van der Waals surface area contributed by atoms with Crippen molar-refractivity contribution in [3.63, 3.8) is 0 Å². The third-order valence-electron chi connectivity index (χ3n) is 3.29. The Labute approximate surface area is 125 Å². The minimum absolute atomic E-state index is 0.0710. The van der Waals surface area contributed by atoms with E-state index < -0.39 is 15.4 Å². The summed E-state index contributed by atoms with van der Waals surface area (Å²) in [6.45, 7) is 7.92. The van der Waals surface area contributed by atoms with Crippen LogP contribution in [0.3, 0.4) is 0 Å². The van der Waals surface area contributed by atoms with E-state index in [0.717, 1.165) is 11.1 Å². The van der Waals surface area contributed by atoms with E-state index >= 15 is 0 Å². The number of rotatable bonds is 2. The molecule has 0 aliphatic carbocycles. The van der Waals surface area contributed by atoms with Gasteiger partial charge in [-0.25, -0.2) is 13.2 Å². The van der Waals surface area contributed by atoms with Crippen molar-refractivity contribution in [3.8, 4) is 0 Å². The second kappa shape index (κ2) is 5.33. The summed E-state index contributed by atoms with van der Waals surface area (Å²) in [6, 6.07) is 5.05. The van der Waals surface area contributed by atoms with E-state index in [-0.39, 0.29) is 11.8 Å². The Morgan fingerprint density at radius 1 is 1.24 bits per heavy atom. The Morgan fingerprint density at radius 2 is 1.86 bits per heavy atom. The molecule has 0 saturated carbocycles. The molecule has 1 aromatic carbocycles. The molecule has 0 atom stereocenters. The molecule has 1 aromatic rings. The lowest BCUT2D eigenvalue weighted by molar-refractivity contribution is 0.0242. The molecule has 0 spiro atoms. The van der Waals surface area contributed by atoms with Gasteiger partial charge in [0.05, 0.1) is 10.6 Å². The van der Waals surface area contributed by atoms with Crippen molar-refractivity contribution in [3.05, 3.63) is 29.3 Å². The Morgan fingerprint density at radius 3 is 2.43 bits per heavy atom. The molecule has 2 rings (SSSR count). The van der Waals surface area contributed by atoms with Crippen LogP contribution in [0.5, 0.6) is 0 Å². The zero-order valence-electron chi connectivity index (χ0n) is 12.8. The number of hydrogen-bond acceptors (Lipinski definition) is 4. The number of carbonyl (C=O) groups is 1. The highest BCUT2D eigenvalue weighted by atomic mass is 32.2. The highest BCUT2D eigenvalue weighted by Gasteiger charge is 2.28. The predicted octanol–water partition coefficient (Wildman–Crippen LogP) is 2.73. The first kappa shape index (κ1) is 15.8. The maximum atomic E-state index is 12.1. The minimum Gasteiger partial charge on any atom is -0.444 e. The number of hydrogen-bond donors (Lipinski definition) is 0. The van der Waals surface area contributed by atoms with Crippen LogP contribution >= 0.6 is 0 Å². The van der Waals surface area contributed by atoms with Crippen LogP contribution in [0.4, 0.5) is 4.79 Å². The standard InChI is InChI=1S/C15H21NO4S/c1-5-21(18,19)13-7-6-11-9-16(10-12(11)8-13)14(17)20-15(2,3)4/h6-8H,5,9-10H2,1-4H3. The molecule has 1 amide bonds. The molecule has 6 heteroatoms. The van der Waals surface area contributed by atoms with Gasteiger partial charge in [-0.15, -0.1) is 0 Å². The average molecular weight is 311 g/mol. The van der Waals surface area contributed by atoms with Gasteiger partial charge in [0.25, 0.3) is 0 Å². The molecular weight excluding hydrogens is 290 g/mol.